The van der Waals surface area contributed by atoms with E-state index in [0.717, 1.165) is 27.8 Å². The van der Waals surface area contributed by atoms with Gasteiger partial charge >= 0.3 is 0 Å². The molecule has 4 rings (SSSR count). The van der Waals surface area contributed by atoms with Gasteiger partial charge in [0.1, 0.15) is 11.5 Å². The summed E-state index contributed by atoms with van der Waals surface area (Å²) in [5, 5.41) is 5.52. The minimum Gasteiger partial charge on any atom is -0.288 e. The molecule has 4 nitrogen and oxygen atoms in total. The van der Waals surface area contributed by atoms with Crippen molar-refractivity contribution in [3.05, 3.63) is 99.7 Å². The highest BCUT2D eigenvalue weighted by Crippen LogP contribution is 2.24. The summed E-state index contributed by atoms with van der Waals surface area (Å²) < 4.78 is 17.2. The fourth-order valence-electron chi connectivity index (χ4n) is 3.55. The van der Waals surface area contributed by atoms with Crippen molar-refractivity contribution < 1.29 is 4.39 Å². The molecule has 2 heterocycles. The number of hydrogen-bond acceptors (Lipinski definition) is 2. The van der Waals surface area contributed by atoms with E-state index in [2.05, 4.69) is 11.7 Å². The third-order valence-electron chi connectivity index (χ3n) is 4.90. The van der Waals surface area contributed by atoms with Gasteiger partial charge in [-0.2, -0.15) is 5.10 Å². The molecular formula is C23H20FN3O. The Kier molecular flexibility index (Phi) is 4.43. The van der Waals surface area contributed by atoms with Crippen LogP contribution >= 0.6 is 0 Å². The molecule has 0 aliphatic rings. The molecule has 5 heteroatoms. The van der Waals surface area contributed by atoms with E-state index in [1.54, 1.807) is 33.5 Å². The highest BCUT2D eigenvalue weighted by atomic mass is 19.1. The molecule has 0 atom stereocenters. The number of hydrogen-bond donors (Lipinski definition) is 0. The summed E-state index contributed by atoms with van der Waals surface area (Å²) in [6.07, 6.45) is 1.78. The molecule has 0 aliphatic heterocycles. The summed E-state index contributed by atoms with van der Waals surface area (Å²) in [5.74, 6) is -0.347. The second kappa shape index (κ2) is 6.93. The predicted octanol–water partition coefficient (Wildman–Crippen LogP) is 4.63. The molecule has 140 valence electrons. The monoisotopic (exact) mass is 373 g/mol. The Morgan fingerprint density at radius 1 is 1.11 bits per heavy atom. The Hall–Kier alpha value is -3.47. The van der Waals surface area contributed by atoms with Crippen LogP contribution in [0.2, 0.25) is 0 Å². The SMILES string of the molecule is C=Cc1ccc(Cn2c(=O)cc(C)c3c(C)nn(-c4cccc(F)c4)c32)cc1. The first-order valence-electron chi connectivity index (χ1n) is 9.05. The molecule has 0 radical (unpaired) electrons. The molecule has 0 aliphatic carbocycles. The Morgan fingerprint density at radius 3 is 2.54 bits per heavy atom. The molecule has 2 aromatic carbocycles. The number of aryl methyl sites for hydroxylation is 2. The number of fused-ring (bicyclic) bond motifs is 1. The van der Waals surface area contributed by atoms with Crippen molar-refractivity contribution in [2.24, 2.45) is 0 Å². The maximum atomic E-state index is 13.8. The van der Waals surface area contributed by atoms with Crippen LogP contribution < -0.4 is 5.56 Å². The maximum Gasteiger partial charge on any atom is 0.252 e. The van der Waals surface area contributed by atoms with Crippen LogP contribution in [-0.2, 0) is 6.54 Å². The topological polar surface area (TPSA) is 39.8 Å². The van der Waals surface area contributed by atoms with Gasteiger partial charge in [0, 0.05) is 11.5 Å². The standard InChI is InChI=1S/C23H20FN3O/c1-4-17-8-10-18(11-9-17)14-26-21(28)12-15(2)22-16(3)25-27(23(22)26)20-7-5-6-19(24)13-20/h4-13H,1,14H2,2-3H3. The molecule has 0 saturated heterocycles. The molecule has 4 aromatic rings. The van der Waals surface area contributed by atoms with E-state index in [0.29, 0.717) is 17.9 Å². The lowest BCUT2D eigenvalue weighted by Gasteiger charge is -2.13. The van der Waals surface area contributed by atoms with Crippen LogP contribution in [0.5, 0.6) is 0 Å². The van der Waals surface area contributed by atoms with Gasteiger partial charge in [-0.15, -0.1) is 0 Å². The summed E-state index contributed by atoms with van der Waals surface area (Å²) in [5.41, 5.74) is 4.80. The number of nitrogens with zero attached hydrogens (tertiary/aromatic N) is 3. The van der Waals surface area contributed by atoms with Gasteiger partial charge in [0.05, 0.1) is 17.9 Å². The number of rotatable bonds is 4. The van der Waals surface area contributed by atoms with Gasteiger partial charge in [-0.05, 0) is 48.7 Å². The Bertz CT molecular complexity index is 1250. The van der Waals surface area contributed by atoms with Crippen molar-refractivity contribution in [2.75, 3.05) is 0 Å². The fraction of sp³-hybridized carbons (Fsp3) is 0.130. The zero-order chi connectivity index (χ0) is 19.8. The number of aromatic nitrogens is 3. The van der Waals surface area contributed by atoms with Crippen LogP contribution in [0.25, 0.3) is 22.8 Å². The van der Waals surface area contributed by atoms with E-state index in [9.17, 15) is 9.18 Å². The lowest BCUT2D eigenvalue weighted by atomic mass is 10.1. The van der Waals surface area contributed by atoms with Gasteiger partial charge in [0.15, 0.2) is 0 Å². The summed E-state index contributed by atoms with van der Waals surface area (Å²) in [4.78, 5) is 12.9. The van der Waals surface area contributed by atoms with Gasteiger partial charge in [-0.25, -0.2) is 9.07 Å². The van der Waals surface area contributed by atoms with E-state index < -0.39 is 0 Å². The number of benzene rings is 2. The predicted molar refractivity (Wildman–Crippen MR) is 110 cm³/mol. The first-order valence-corrected chi connectivity index (χ1v) is 9.05. The van der Waals surface area contributed by atoms with Crippen LogP contribution in [0.1, 0.15) is 22.4 Å². The average molecular weight is 373 g/mol. The fourth-order valence-corrected chi connectivity index (χ4v) is 3.55. The molecule has 0 amide bonds. The Morgan fingerprint density at radius 2 is 1.86 bits per heavy atom. The molecule has 0 bridgehead atoms. The lowest BCUT2D eigenvalue weighted by Crippen LogP contribution is -2.22. The van der Waals surface area contributed by atoms with E-state index in [4.69, 9.17) is 0 Å². The van der Waals surface area contributed by atoms with Crippen LogP contribution in [0, 0.1) is 19.7 Å². The van der Waals surface area contributed by atoms with Gasteiger partial charge < -0.3 is 0 Å². The zero-order valence-corrected chi connectivity index (χ0v) is 15.8. The molecule has 28 heavy (non-hydrogen) atoms. The average Bonchev–Trinajstić information content (AvgIpc) is 3.03. The van der Waals surface area contributed by atoms with Gasteiger partial charge in [0.2, 0.25) is 0 Å². The van der Waals surface area contributed by atoms with Crippen LogP contribution in [0.15, 0.2) is 66.0 Å². The number of pyridine rings is 1. The molecule has 0 unspecified atom stereocenters. The summed E-state index contributed by atoms with van der Waals surface area (Å²) in [7, 11) is 0. The Balaban J connectivity index is 1.97. The lowest BCUT2D eigenvalue weighted by molar-refractivity contribution is 0.625. The summed E-state index contributed by atoms with van der Waals surface area (Å²) >= 11 is 0. The van der Waals surface area contributed by atoms with E-state index in [1.165, 1.54) is 12.1 Å². The normalized spacial score (nSPS) is 11.1. The van der Waals surface area contributed by atoms with E-state index in [1.807, 2.05) is 38.1 Å². The van der Waals surface area contributed by atoms with Crippen molar-refractivity contribution in [1.82, 2.24) is 14.3 Å². The second-order valence-electron chi connectivity index (χ2n) is 6.87. The molecule has 0 fully saturated rings. The van der Waals surface area contributed by atoms with Gasteiger partial charge in [0.25, 0.3) is 5.56 Å². The second-order valence-corrected chi connectivity index (χ2v) is 6.87. The van der Waals surface area contributed by atoms with Crippen molar-refractivity contribution in [3.63, 3.8) is 0 Å². The zero-order valence-electron chi connectivity index (χ0n) is 15.8. The van der Waals surface area contributed by atoms with Crippen molar-refractivity contribution in [3.8, 4) is 5.69 Å². The smallest absolute Gasteiger partial charge is 0.252 e. The van der Waals surface area contributed by atoms with Crippen LogP contribution in [0.3, 0.4) is 0 Å². The largest absolute Gasteiger partial charge is 0.288 e. The minimum atomic E-state index is -0.347. The highest BCUT2D eigenvalue weighted by molar-refractivity contribution is 5.83. The van der Waals surface area contributed by atoms with Crippen LogP contribution in [0.4, 0.5) is 4.39 Å². The van der Waals surface area contributed by atoms with E-state index in [-0.39, 0.29) is 11.4 Å². The first kappa shape index (κ1) is 17.9. The third-order valence-corrected chi connectivity index (χ3v) is 4.90. The first-order chi connectivity index (χ1) is 13.5. The molecule has 0 saturated carbocycles. The van der Waals surface area contributed by atoms with Crippen molar-refractivity contribution in [1.29, 1.82) is 0 Å². The summed E-state index contributed by atoms with van der Waals surface area (Å²) in [6.45, 7) is 7.97. The quantitative estimate of drug-likeness (QED) is 0.523. The van der Waals surface area contributed by atoms with E-state index >= 15 is 0 Å². The van der Waals surface area contributed by atoms with Crippen LogP contribution in [-0.4, -0.2) is 14.3 Å². The molecule has 0 N–H and O–H groups in total. The van der Waals surface area contributed by atoms with Crippen molar-refractivity contribution >= 4 is 17.1 Å². The highest BCUT2D eigenvalue weighted by Gasteiger charge is 2.17. The third kappa shape index (κ3) is 3.05. The molecule has 2 aromatic heterocycles. The van der Waals surface area contributed by atoms with Gasteiger partial charge in [-0.3, -0.25) is 9.36 Å². The number of halogens is 1. The van der Waals surface area contributed by atoms with Gasteiger partial charge in [-0.1, -0.05) is 43.0 Å². The minimum absolute atomic E-state index is 0.115. The van der Waals surface area contributed by atoms with Crippen molar-refractivity contribution in [2.45, 2.75) is 20.4 Å². The summed E-state index contributed by atoms with van der Waals surface area (Å²) in [6, 6.07) is 15.7. The molecular weight excluding hydrogens is 353 g/mol. The molecule has 0 spiro atoms. The maximum absolute atomic E-state index is 13.8. The Labute approximate surface area is 162 Å².